The Hall–Kier alpha value is -1.73. The quantitative estimate of drug-likeness (QED) is 0.724. The van der Waals surface area contributed by atoms with Crippen molar-refractivity contribution in [3.8, 4) is 0 Å². The second kappa shape index (κ2) is 7.33. The lowest BCUT2D eigenvalue weighted by atomic mass is 10.0. The van der Waals surface area contributed by atoms with Gasteiger partial charge in [0.1, 0.15) is 15.2 Å². The molecule has 1 unspecified atom stereocenters. The van der Waals surface area contributed by atoms with Crippen molar-refractivity contribution in [1.29, 1.82) is 0 Å². The molecule has 0 bridgehead atoms. The largest absolute Gasteiger partial charge is 0.396 e. The molecule has 0 radical (unpaired) electrons. The third-order valence-corrected chi connectivity index (χ3v) is 4.46. The van der Waals surface area contributed by atoms with E-state index < -0.39 is 0 Å². The maximum Gasteiger partial charge on any atom is 0.263 e. The molecule has 21 heavy (non-hydrogen) atoms. The van der Waals surface area contributed by atoms with E-state index in [9.17, 15) is 4.79 Å². The molecule has 0 aliphatic heterocycles. The molecule has 0 fully saturated rings. The number of carbonyl (C=O) groups is 1. The summed E-state index contributed by atoms with van der Waals surface area (Å²) in [6, 6.07) is 0. The van der Waals surface area contributed by atoms with Gasteiger partial charge in [-0.25, -0.2) is 9.97 Å². The first-order chi connectivity index (χ1) is 10.2. The molecule has 114 valence electrons. The summed E-state index contributed by atoms with van der Waals surface area (Å²) in [4.78, 5) is 21.7. The van der Waals surface area contributed by atoms with E-state index in [4.69, 9.17) is 10.8 Å². The molecule has 2 aromatic rings. The number of nitrogens with two attached hydrogens (primary N) is 1. The van der Waals surface area contributed by atoms with Crippen molar-refractivity contribution < 1.29 is 9.90 Å². The van der Waals surface area contributed by atoms with Gasteiger partial charge >= 0.3 is 0 Å². The highest BCUT2D eigenvalue weighted by molar-refractivity contribution is 7.21. The van der Waals surface area contributed by atoms with Crippen molar-refractivity contribution in [2.75, 3.05) is 18.9 Å². The van der Waals surface area contributed by atoms with Crippen LogP contribution < -0.4 is 11.1 Å². The van der Waals surface area contributed by atoms with Crippen LogP contribution in [0.5, 0.6) is 0 Å². The number of thiophene rings is 1. The van der Waals surface area contributed by atoms with Crippen LogP contribution in [0.4, 0.5) is 5.69 Å². The number of aliphatic hydroxyl groups is 1. The number of rotatable bonds is 7. The van der Waals surface area contributed by atoms with Crippen molar-refractivity contribution in [1.82, 2.24) is 15.3 Å². The van der Waals surface area contributed by atoms with Gasteiger partial charge in [0.15, 0.2) is 0 Å². The molecule has 0 aliphatic carbocycles. The second-order valence-corrected chi connectivity index (χ2v) is 5.93. The van der Waals surface area contributed by atoms with Crippen LogP contribution in [0.15, 0.2) is 12.4 Å². The van der Waals surface area contributed by atoms with E-state index in [2.05, 4.69) is 22.2 Å². The maximum atomic E-state index is 12.2. The van der Waals surface area contributed by atoms with Crippen LogP contribution in [-0.2, 0) is 0 Å². The molecule has 0 aromatic carbocycles. The number of nitrogen functional groups attached to an aromatic ring is 1. The highest BCUT2D eigenvalue weighted by Gasteiger charge is 2.18. The number of anilines is 1. The van der Waals surface area contributed by atoms with Crippen molar-refractivity contribution in [2.24, 2.45) is 5.92 Å². The average Bonchev–Trinajstić information content (AvgIpc) is 2.83. The number of amides is 1. The number of nitrogens with one attached hydrogen (secondary N) is 1. The number of carbonyl (C=O) groups excluding carboxylic acids is 1. The van der Waals surface area contributed by atoms with Gasteiger partial charge in [-0.1, -0.05) is 13.3 Å². The van der Waals surface area contributed by atoms with Crippen LogP contribution in [-0.4, -0.2) is 34.1 Å². The monoisotopic (exact) mass is 308 g/mol. The highest BCUT2D eigenvalue weighted by Crippen LogP contribution is 2.30. The van der Waals surface area contributed by atoms with E-state index in [1.807, 2.05) is 0 Å². The fourth-order valence-corrected chi connectivity index (χ4v) is 3.21. The van der Waals surface area contributed by atoms with E-state index in [0.717, 1.165) is 12.8 Å². The molecule has 2 heterocycles. The van der Waals surface area contributed by atoms with Crippen molar-refractivity contribution >= 4 is 33.3 Å². The van der Waals surface area contributed by atoms with Crippen LogP contribution in [0.2, 0.25) is 0 Å². The maximum absolute atomic E-state index is 12.2. The van der Waals surface area contributed by atoms with Crippen LogP contribution in [0.25, 0.3) is 10.3 Å². The first-order valence-electron chi connectivity index (χ1n) is 7.05. The first kappa shape index (κ1) is 15.7. The van der Waals surface area contributed by atoms with Gasteiger partial charge in [-0.05, 0) is 18.8 Å². The zero-order chi connectivity index (χ0) is 15.2. The first-order valence-corrected chi connectivity index (χ1v) is 7.87. The third kappa shape index (κ3) is 3.68. The Kier molecular flexibility index (Phi) is 5.46. The van der Waals surface area contributed by atoms with E-state index in [1.165, 1.54) is 11.3 Å². The summed E-state index contributed by atoms with van der Waals surface area (Å²) < 4.78 is 0. The lowest BCUT2D eigenvalue weighted by Crippen LogP contribution is -2.29. The minimum Gasteiger partial charge on any atom is -0.396 e. The number of nitrogens with zero attached hydrogens (tertiary/aromatic N) is 2. The molecule has 0 spiro atoms. The molecule has 0 aliphatic rings. The molecule has 1 atom stereocenters. The van der Waals surface area contributed by atoms with Crippen LogP contribution >= 0.6 is 11.3 Å². The van der Waals surface area contributed by atoms with Crippen molar-refractivity contribution in [3.05, 3.63) is 17.3 Å². The van der Waals surface area contributed by atoms with Crippen LogP contribution in [0.3, 0.4) is 0 Å². The predicted octanol–water partition coefficient (Wildman–Crippen LogP) is 1.80. The average molecular weight is 308 g/mol. The minimum atomic E-state index is -0.198. The SMILES string of the molecule is CCCC(CCO)CNC(=O)c1sc2nccnc2c1N. The number of fused-ring (bicyclic) bond motifs is 1. The summed E-state index contributed by atoms with van der Waals surface area (Å²) in [5.74, 6) is 0.0899. The molecule has 4 N–H and O–H groups in total. The topological polar surface area (TPSA) is 101 Å². The summed E-state index contributed by atoms with van der Waals surface area (Å²) in [5, 5.41) is 11.9. The molecular weight excluding hydrogens is 288 g/mol. The highest BCUT2D eigenvalue weighted by atomic mass is 32.1. The normalized spacial score (nSPS) is 12.5. The summed E-state index contributed by atoms with van der Waals surface area (Å²) in [6.45, 7) is 2.77. The standard InChI is InChI=1S/C14H20N4O2S/c1-2-3-9(4-7-19)8-18-13(20)12-10(15)11-14(21-12)17-6-5-16-11/h5-6,9,19H,2-4,7-8,15H2,1H3,(H,18,20). The molecule has 7 heteroatoms. The van der Waals surface area contributed by atoms with Gasteiger partial charge < -0.3 is 16.2 Å². The fourth-order valence-electron chi connectivity index (χ4n) is 2.27. The molecule has 6 nitrogen and oxygen atoms in total. The van der Waals surface area contributed by atoms with Gasteiger partial charge in [-0.15, -0.1) is 11.3 Å². The summed E-state index contributed by atoms with van der Waals surface area (Å²) in [5.41, 5.74) is 6.93. The lowest BCUT2D eigenvalue weighted by molar-refractivity contribution is 0.0948. The van der Waals surface area contributed by atoms with E-state index in [-0.39, 0.29) is 18.4 Å². The fraction of sp³-hybridized carbons (Fsp3) is 0.500. The third-order valence-electron chi connectivity index (χ3n) is 3.35. The number of aliphatic hydroxyl groups excluding tert-OH is 1. The second-order valence-electron chi connectivity index (χ2n) is 4.93. The van der Waals surface area contributed by atoms with Crippen molar-refractivity contribution in [2.45, 2.75) is 26.2 Å². The summed E-state index contributed by atoms with van der Waals surface area (Å²) in [6.07, 6.45) is 5.84. The molecule has 0 saturated carbocycles. The number of aromatic nitrogens is 2. The van der Waals surface area contributed by atoms with Crippen LogP contribution in [0.1, 0.15) is 35.9 Å². The Labute approximate surface area is 127 Å². The molecule has 2 rings (SSSR count). The van der Waals surface area contributed by atoms with Gasteiger partial charge in [-0.2, -0.15) is 0 Å². The number of hydrogen-bond donors (Lipinski definition) is 3. The Balaban J connectivity index is 2.06. The van der Waals surface area contributed by atoms with E-state index in [1.54, 1.807) is 12.4 Å². The molecule has 2 aromatic heterocycles. The minimum absolute atomic E-state index is 0.138. The smallest absolute Gasteiger partial charge is 0.263 e. The Morgan fingerprint density at radius 2 is 2.19 bits per heavy atom. The zero-order valence-corrected chi connectivity index (χ0v) is 12.8. The molecular formula is C14H20N4O2S. The van der Waals surface area contributed by atoms with E-state index in [0.29, 0.717) is 33.9 Å². The van der Waals surface area contributed by atoms with Gasteiger partial charge in [0.25, 0.3) is 5.91 Å². The van der Waals surface area contributed by atoms with Crippen LogP contribution in [0, 0.1) is 5.92 Å². The van der Waals surface area contributed by atoms with Gasteiger partial charge in [0.05, 0.1) is 5.69 Å². The Morgan fingerprint density at radius 3 is 2.86 bits per heavy atom. The molecule has 1 amide bonds. The lowest BCUT2D eigenvalue weighted by Gasteiger charge is -2.15. The Morgan fingerprint density at radius 1 is 1.43 bits per heavy atom. The van der Waals surface area contributed by atoms with Gasteiger partial charge in [0, 0.05) is 25.5 Å². The van der Waals surface area contributed by atoms with E-state index >= 15 is 0 Å². The summed E-state index contributed by atoms with van der Waals surface area (Å²) >= 11 is 1.25. The molecule has 0 saturated heterocycles. The zero-order valence-electron chi connectivity index (χ0n) is 12.0. The Bertz CT molecular complexity index is 608. The summed E-state index contributed by atoms with van der Waals surface area (Å²) in [7, 11) is 0. The van der Waals surface area contributed by atoms with Gasteiger partial charge in [0.2, 0.25) is 0 Å². The van der Waals surface area contributed by atoms with Crippen molar-refractivity contribution in [3.63, 3.8) is 0 Å². The predicted molar refractivity (Wildman–Crippen MR) is 84.3 cm³/mol. The van der Waals surface area contributed by atoms with Gasteiger partial charge in [-0.3, -0.25) is 4.79 Å². The number of hydrogen-bond acceptors (Lipinski definition) is 6.